The van der Waals surface area contributed by atoms with Crippen LogP contribution in [-0.4, -0.2) is 23.0 Å². The number of nitrogens with one attached hydrogen (secondary N) is 1. The van der Waals surface area contributed by atoms with E-state index in [4.69, 9.17) is 4.74 Å². The molecule has 0 unspecified atom stereocenters. The van der Waals surface area contributed by atoms with E-state index in [9.17, 15) is 4.79 Å². The Bertz CT molecular complexity index is 571. The summed E-state index contributed by atoms with van der Waals surface area (Å²) in [7, 11) is 1.38. The monoisotopic (exact) mass is 242 g/mol. The zero-order valence-electron chi connectivity index (χ0n) is 10.1. The van der Waals surface area contributed by atoms with E-state index in [1.54, 1.807) is 0 Å². The zero-order chi connectivity index (χ0) is 12.5. The van der Waals surface area contributed by atoms with Gasteiger partial charge in [0.1, 0.15) is 5.82 Å². The summed E-state index contributed by atoms with van der Waals surface area (Å²) in [5.74, 6) is 0.803. The van der Waals surface area contributed by atoms with Gasteiger partial charge in [0.25, 0.3) is 0 Å². The number of rotatable bonds is 3. The van der Waals surface area contributed by atoms with E-state index >= 15 is 0 Å². The first-order valence-electron chi connectivity index (χ1n) is 6.03. The number of nitrogens with zero attached hydrogens (tertiary/aromatic N) is 1. The fourth-order valence-corrected chi connectivity index (χ4v) is 2.04. The molecule has 92 valence electrons. The summed E-state index contributed by atoms with van der Waals surface area (Å²) in [6.45, 7) is 0. The van der Waals surface area contributed by atoms with Gasteiger partial charge in [-0.2, -0.15) is 0 Å². The van der Waals surface area contributed by atoms with Gasteiger partial charge in [-0.05, 0) is 12.8 Å². The van der Waals surface area contributed by atoms with Crippen LogP contribution in [-0.2, 0) is 4.74 Å². The smallest absolute Gasteiger partial charge is 0.358 e. The van der Waals surface area contributed by atoms with Crippen LogP contribution in [0.15, 0.2) is 30.3 Å². The third kappa shape index (κ3) is 1.90. The Kier molecular flexibility index (Phi) is 2.63. The van der Waals surface area contributed by atoms with Gasteiger partial charge in [-0.3, -0.25) is 0 Å². The molecule has 1 saturated carbocycles. The van der Waals surface area contributed by atoms with Gasteiger partial charge < -0.3 is 9.72 Å². The van der Waals surface area contributed by atoms with Gasteiger partial charge in [0.15, 0.2) is 5.69 Å². The van der Waals surface area contributed by atoms with Crippen molar-refractivity contribution in [1.82, 2.24) is 9.97 Å². The number of aromatic nitrogens is 2. The Labute approximate surface area is 105 Å². The van der Waals surface area contributed by atoms with Crippen molar-refractivity contribution in [3.8, 4) is 11.4 Å². The molecule has 0 atom stereocenters. The molecule has 3 rings (SSSR count). The Morgan fingerprint density at radius 2 is 2.06 bits per heavy atom. The number of H-pyrrole nitrogens is 1. The number of methoxy groups -OCH3 is 1. The highest BCUT2D eigenvalue weighted by atomic mass is 16.5. The highest BCUT2D eigenvalue weighted by molar-refractivity contribution is 5.89. The molecule has 1 aliphatic carbocycles. The minimum Gasteiger partial charge on any atom is -0.464 e. The van der Waals surface area contributed by atoms with Crippen LogP contribution >= 0.6 is 0 Å². The summed E-state index contributed by atoms with van der Waals surface area (Å²) in [6, 6.07) is 9.79. The van der Waals surface area contributed by atoms with E-state index in [0.29, 0.717) is 11.6 Å². The summed E-state index contributed by atoms with van der Waals surface area (Å²) in [5, 5.41) is 0. The fourth-order valence-electron chi connectivity index (χ4n) is 2.04. The molecule has 1 fully saturated rings. The molecule has 1 N–H and O–H groups in total. The minimum absolute atomic E-state index is 0.365. The molecule has 1 aliphatic rings. The fraction of sp³-hybridized carbons (Fsp3) is 0.286. The molecule has 4 heteroatoms. The average Bonchev–Trinajstić information content (AvgIpc) is 3.18. The zero-order valence-corrected chi connectivity index (χ0v) is 10.1. The first-order valence-corrected chi connectivity index (χ1v) is 6.03. The maximum absolute atomic E-state index is 11.7. The van der Waals surface area contributed by atoms with E-state index in [1.807, 2.05) is 30.3 Å². The van der Waals surface area contributed by atoms with Crippen LogP contribution in [0.2, 0.25) is 0 Å². The van der Waals surface area contributed by atoms with Crippen molar-refractivity contribution in [3.05, 3.63) is 41.7 Å². The predicted molar refractivity (Wildman–Crippen MR) is 67.3 cm³/mol. The van der Waals surface area contributed by atoms with E-state index in [-0.39, 0.29) is 5.97 Å². The van der Waals surface area contributed by atoms with Crippen molar-refractivity contribution in [2.45, 2.75) is 18.8 Å². The van der Waals surface area contributed by atoms with Gasteiger partial charge in [-0.1, -0.05) is 30.3 Å². The summed E-state index contributed by atoms with van der Waals surface area (Å²) >= 11 is 0. The van der Waals surface area contributed by atoms with E-state index < -0.39 is 0 Å². The lowest BCUT2D eigenvalue weighted by molar-refractivity contribution is 0.0593. The molecule has 0 radical (unpaired) electrons. The van der Waals surface area contributed by atoms with Crippen molar-refractivity contribution in [3.63, 3.8) is 0 Å². The standard InChI is InChI=1S/C14H14N2O2/c1-18-14(17)12-11(9-7-8-9)15-13(16-12)10-5-3-2-4-6-10/h2-6,9H,7-8H2,1H3,(H,15,16). The third-order valence-corrected chi connectivity index (χ3v) is 3.14. The van der Waals surface area contributed by atoms with Crippen LogP contribution in [0.5, 0.6) is 0 Å². The molecule has 0 saturated heterocycles. The molecule has 4 nitrogen and oxygen atoms in total. The minimum atomic E-state index is -0.365. The topological polar surface area (TPSA) is 55.0 Å². The molecule has 0 bridgehead atoms. The molecule has 2 aromatic rings. The van der Waals surface area contributed by atoms with Crippen molar-refractivity contribution < 1.29 is 9.53 Å². The summed E-state index contributed by atoms with van der Waals surface area (Å²) in [5.41, 5.74) is 2.33. The molecular formula is C14H14N2O2. The second-order valence-electron chi connectivity index (χ2n) is 4.48. The van der Waals surface area contributed by atoms with Crippen molar-refractivity contribution in [1.29, 1.82) is 0 Å². The molecule has 0 aliphatic heterocycles. The maximum atomic E-state index is 11.7. The first-order chi connectivity index (χ1) is 8.79. The lowest BCUT2D eigenvalue weighted by Gasteiger charge is -1.97. The lowest BCUT2D eigenvalue weighted by Crippen LogP contribution is -2.04. The highest BCUT2D eigenvalue weighted by Crippen LogP contribution is 2.41. The van der Waals surface area contributed by atoms with E-state index in [0.717, 1.165) is 29.9 Å². The van der Waals surface area contributed by atoms with Gasteiger partial charge in [0.2, 0.25) is 0 Å². The Balaban J connectivity index is 2.04. The SMILES string of the molecule is COC(=O)c1nc(-c2ccccc2)[nH]c1C1CC1. The number of benzene rings is 1. The van der Waals surface area contributed by atoms with Crippen LogP contribution in [0.1, 0.15) is 34.9 Å². The average molecular weight is 242 g/mol. The Morgan fingerprint density at radius 1 is 1.33 bits per heavy atom. The second kappa shape index (κ2) is 4.29. The maximum Gasteiger partial charge on any atom is 0.358 e. The van der Waals surface area contributed by atoms with Gasteiger partial charge in [-0.15, -0.1) is 0 Å². The van der Waals surface area contributed by atoms with Crippen molar-refractivity contribution >= 4 is 5.97 Å². The van der Waals surface area contributed by atoms with Crippen LogP contribution in [0.25, 0.3) is 11.4 Å². The van der Waals surface area contributed by atoms with Crippen LogP contribution in [0.4, 0.5) is 0 Å². The molecule has 0 amide bonds. The summed E-state index contributed by atoms with van der Waals surface area (Å²) in [6.07, 6.45) is 2.22. The highest BCUT2D eigenvalue weighted by Gasteiger charge is 2.32. The van der Waals surface area contributed by atoms with Crippen molar-refractivity contribution in [2.75, 3.05) is 7.11 Å². The summed E-state index contributed by atoms with van der Waals surface area (Å²) in [4.78, 5) is 19.4. The Hall–Kier alpha value is -2.10. The molecule has 18 heavy (non-hydrogen) atoms. The molecule has 0 spiro atoms. The van der Waals surface area contributed by atoms with Crippen LogP contribution in [0, 0.1) is 0 Å². The molecule has 1 heterocycles. The second-order valence-corrected chi connectivity index (χ2v) is 4.48. The number of imidazole rings is 1. The van der Waals surface area contributed by atoms with E-state index in [1.165, 1.54) is 7.11 Å². The van der Waals surface area contributed by atoms with Gasteiger partial charge in [0, 0.05) is 11.5 Å². The number of aromatic amines is 1. The first kappa shape index (κ1) is 11.0. The number of hydrogen-bond donors (Lipinski definition) is 1. The third-order valence-electron chi connectivity index (χ3n) is 3.14. The molecule has 1 aromatic carbocycles. The quantitative estimate of drug-likeness (QED) is 0.842. The number of esters is 1. The lowest BCUT2D eigenvalue weighted by atomic mass is 10.2. The van der Waals surface area contributed by atoms with Gasteiger partial charge >= 0.3 is 5.97 Å². The number of hydrogen-bond acceptors (Lipinski definition) is 3. The molecule has 1 aromatic heterocycles. The number of carbonyl (C=O) groups is 1. The number of carbonyl (C=O) groups excluding carboxylic acids is 1. The molecular weight excluding hydrogens is 228 g/mol. The van der Waals surface area contributed by atoms with Crippen LogP contribution < -0.4 is 0 Å². The van der Waals surface area contributed by atoms with Gasteiger partial charge in [-0.25, -0.2) is 9.78 Å². The van der Waals surface area contributed by atoms with Crippen LogP contribution in [0.3, 0.4) is 0 Å². The predicted octanol–water partition coefficient (Wildman–Crippen LogP) is 2.74. The Morgan fingerprint density at radius 3 is 2.67 bits per heavy atom. The van der Waals surface area contributed by atoms with E-state index in [2.05, 4.69) is 9.97 Å². The van der Waals surface area contributed by atoms with Gasteiger partial charge in [0.05, 0.1) is 12.8 Å². The summed E-state index contributed by atoms with van der Waals surface area (Å²) < 4.78 is 4.78. The van der Waals surface area contributed by atoms with Crippen molar-refractivity contribution in [2.24, 2.45) is 0 Å². The normalized spacial score (nSPS) is 14.5. The largest absolute Gasteiger partial charge is 0.464 e. The number of ether oxygens (including phenoxy) is 1.